The van der Waals surface area contributed by atoms with Gasteiger partial charge in [-0.1, -0.05) is 18.2 Å². The molecule has 1 aromatic heterocycles. The molecular formula is C26H27F3N4O2S. The predicted molar refractivity (Wildman–Crippen MR) is 135 cm³/mol. The zero-order valence-corrected chi connectivity index (χ0v) is 20.8. The number of anilines is 2. The van der Waals surface area contributed by atoms with Crippen LogP contribution in [0.2, 0.25) is 0 Å². The number of aromatic nitrogens is 1. The maximum absolute atomic E-state index is 14.0. The second kappa shape index (κ2) is 9.93. The van der Waals surface area contributed by atoms with Crippen LogP contribution >= 0.6 is 0 Å². The van der Waals surface area contributed by atoms with Crippen LogP contribution in [0.25, 0.3) is 11.1 Å². The van der Waals surface area contributed by atoms with E-state index in [1.165, 1.54) is 30.7 Å². The molecule has 3 aromatic rings. The van der Waals surface area contributed by atoms with Crippen LogP contribution in [0.1, 0.15) is 35.2 Å². The minimum atomic E-state index is -3.00. The fraction of sp³-hybridized carbons (Fsp3) is 0.308. The van der Waals surface area contributed by atoms with E-state index in [4.69, 9.17) is 4.78 Å². The smallest absolute Gasteiger partial charge is 0.259 e. The summed E-state index contributed by atoms with van der Waals surface area (Å²) in [5, 5.41) is 2.78. The lowest BCUT2D eigenvalue weighted by molar-refractivity contribution is -0.0102. The Kier molecular flexibility index (Phi) is 7.08. The summed E-state index contributed by atoms with van der Waals surface area (Å²) in [4.78, 5) is 20.1. The van der Waals surface area contributed by atoms with Gasteiger partial charge in [0.05, 0.1) is 15.3 Å². The molecule has 0 radical (unpaired) electrons. The van der Waals surface area contributed by atoms with Crippen molar-refractivity contribution in [1.82, 2.24) is 4.98 Å². The molecule has 1 aliphatic rings. The zero-order chi connectivity index (χ0) is 26.1. The van der Waals surface area contributed by atoms with Crippen LogP contribution in [-0.4, -0.2) is 40.4 Å². The fourth-order valence-electron chi connectivity index (χ4n) is 4.33. The summed E-state index contributed by atoms with van der Waals surface area (Å²) < 4.78 is 62.0. The normalized spacial score (nSPS) is 17.2. The molecule has 6 nitrogen and oxygen atoms in total. The van der Waals surface area contributed by atoms with Gasteiger partial charge in [-0.15, -0.1) is 0 Å². The molecule has 1 saturated heterocycles. The molecule has 190 valence electrons. The summed E-state index contributed by atoms with van der Waals surface area (Å²) >= 11 is 0. The first-order valence-corrected chi connectivity index (χ1v) is 13.4. The summed E-state index contributed by atoms with van der Waals surface area (Å²) in [5.74, 6) is -3.47. The van der Waals surface area contributed by atoms with Gasteiger partial charge in [0.1, 0.15) is 11.6 Å². The van der Waals surface area contributed by atoms with Gasteiger partial charge in [-0.2, -0.15) is 0 Å². The van der Waals surface area contributed by atoms with Crippen molar-refractivity contribution in [2.75, 3.05) is 29.6 Å². The largest absolute Gasteiger partial charge is 0.356 e. The first-order valence-electron chi connectivity index (χ1n) is 11.5. The number of carbonyl (C=O) groups excluding carboxylic acids is 1. The molecule has 1 atom stereocenters. The number of nitrogens with one attached hydrogen (secondary N) is 2. The number of carbonyl (C=O) groups is 1. The molecular weight excluding hydrogens is 489 g/mol. The van der Waals surface area contributed by atoms with E-state index in [-0.39, 0.29) is 42.1 Å². The van der Waals surface area contributed by atoms with E-state index in [0.717, 1.165) is 0 Å². The second-order valence-electron chi connectivity index (χ2n) is 9.03. The maximum atomic E-state index is 14.0. The number of halogens is 3. The second-order valence-corrected chi connectivity index (χ2v) is 11.2. The van der Waals surface area contributed by atoms with Crippen molar-refractivity contribution in [3.8, 4) is 11.1 Å². The molecule has 0 saturated carbocycles. The van der Waals surface area contributed by atoms with Gasteiger partial charge in [0, 0.05) is 54.5 Å². The van der Waals surface area contributed by atoms with E-state index in [1.807, 2.05) is 0 Å². The third-order valence-corrected chi connectivity index (χ3v) is 7.39. The molecule has 2 aromatic carbocycles. The molecule has 1 aliphatic heterocycles. The number of nitrogens with zero attached hydrogens (tertiary/aromatic N) is 2. The lowest BCUT2D eigenvalue weighted by Gasteiger charge is -2.26. The van der Waals surface area contributed by atoms with Crippen LogP contribution in [0, 0.1) is 17.5 Å². The van der Waals surface area contributed by atoms with E-state index in [9.17, 15) is 22.2 Å². The lowest BCUT2D eigenvalue weighted by atomic mass is 9.97. The number of benzene rings is 2. The monoisotopic (exact) mass is 516 g/mol. The third-order valence-electron chi connectivity index (χ3n) is 6.24. The molecule has 4 rings (SSSR count). The van der Waals surface area contributed by atoms with Crippen molar-refractivity contribution in [3.63, 3.8) is 0 Å². The molecule has 1 amide bonds. The number of alkyl halides is 2. The first kappa shape index (κ1) is 25.7. The average Bonchev–Trinajstić information content (AvgIpc) is 2.98. The molecule has 10 heteroatoms. The van der Waals surface area contributed by atoms with Crippen molar-refractivity contribution in [1.29, 1.82) is 4.78 Å². The Bertz CT molecular complexity index is 1410. The standard InChI is InChI=1S/C26H27F3N4O2S/c1-17-22(18-6-3-7-19(27)14-18)16-31-24(33-12-5-10-26(28,29)11-13-33)23(17)25(34)32-20-8-4-9-21(15-20)36(2,30)35/h3-4,6-9,14-16,30H,5,10-13H2,1-2H3,(H,32,34)/t36-/m1/s1. The third kappa shape index (κ3) is 5.70. The zero-order valence-electron chi connectivity index (χ0n) is 20.0. The quantitative estimate of drug-likeness (QED) is 0.429. The number of amides is 1. The maximum Gasteiger partial charge on any atom is 0.259 e. The fourth-order valence-corrected chi connectivity index (χ4v) is 5.02. The molecule has 0 aliphatic carbocycles. The minimum Gasteiger partial charge on any atom is -0.356 e. The van der Waals surface area contributed by atoms with Crippen LogP contribution in [0.15, 0.2) is 59.6 Å². The van der Waals surface area contributed by atoms with E-state index < -0.39 is 27.4 Å². The molecule has 0 unspecified atom stereocenters. The lowest BCUT2D eigenvalue weighted by Crippen LogP contribution is -2.30. The Morgan fingerprint density at radius 1 is 1.14 bits per heavy atom. The molecule has 2 heterocycles. The Morgan fingerprint density at radius 2 is 1.89 bits per heavy atom. The predicted octanol–water partition coefficient (Wildman–Crippen LogP) is 6.11. The van der Waals surface area contributed by atoms with E-state index in [1.54, 1.807) is 42.2 Å². The number of hydrogen-bond donors (Lipinski definition) is 2. The molecule has 2 N–H and O–H groups in total. The Morgan fingerprint density at radius 3 is 2.61 bits per heavy atom. The van der Waals surface area contributed by atoms with Crippen LogP contribution in [0.3, 0.4) is 0 Å². The Labute approximate surface area is 208 Å². The van der Waals surface area contributed by atoms with E-state index in [2.05, 4.69) is 10.3 Å². The summed E-state index contributed by atoms with van der Waals surface area (Å²) in [6.07, 6.45) is 2.49. The van der Waals surface area contributed by atoms with Gasteiger partial charge in [0.15, 0.2) is 0 Å². The van der Waals surface area contributed by atoms with Gasteiger partial charge in [0.25, 0.3) is 5.91 Å². The molecule has 0 spiro atoms. The van der Waals surface area contributed by atoms with Gasteiger partial charge in [-0.3, -0.25) is 4.79 Å². The first-order chi connectivity index (χ1) is 16.9. The van der Waals surface area contributed by atoms with Crippen LogP contribution < -0.4 is 10.2 Å². The number of pyridine rings is 1. The van der Waals surface area contributed by atoms with E-state index >= 15 is 0 Å². The summed E-state index contributed by atoms with van der Waals surface area (Å²) in [6, 6.07) is 12.1. The van der Waals surface area contributed by atoms with Gasteiger partial charge in [-0.05, 0) is 54.8 Å². The highest BCUT2D eigenvalue weighted by molar-refractivity contribution is 7.91. The van der Waals surface area contributed by atoms with Crippen molar-refractivity contribution < 1.29 is 22.2 Å². The SMILES string of the molecule is Cc1c(-c2cccc(F)c2)cnc(N2CCCC(F)(F)CC2)c1C(=O)Nc1cccc([S@](C)(=N)=O)c1. The summed E-state index contributed by atoms with van der Waals surface area (Å²) in [5.41, 5.74) is 2.12. The Hall–Kier alpha value is -3.40. The van der Waals surface area contributed by atoms with Gasteiger partial charge >= 0.3 is 0 Å². The van der Waals surface area contributed by atoms with Gasteiger partial charge in [0.2, 0.25) is 5.92 Å². The number of hydrogen-bond acceptors (Lipinski definition) is 5. The molecule has 36 heavy (non-hydrogen) atoms. The minimum absolute atomic E-state index is 0.0330. The summed E-state index contributed by atoms with van der Waals surface area (Å²) in [6.45, 7) is 2.06. The molecule has 1 fully saturated rings. The highest BCUT2D eigenvalue weighted by Gasteiger charge is 2.33. The average molecular weight is 517 g/mol. The Balaban J connectivity index is 1.79. The van der Waals surface area contributed by atoms with Crippen molar-refractivity contribution in [2.45, 2.75) is 37.0 Å². The van der Waals surface area contributed by atoms with E-state index in [0.29, 0.717) is 28.9 Å². The van der Waals surface area contributed by atoms with Crippen molar-refractivity contribution in [3.05, 3.63) is 71.7 Å². The highest BCUT2D eigenvalue weighted by Crippen LogP contribution is 2.35. The topological polar surface area (TPSA) is 86.2 Å². The van der Waals surface area contributed by atoms with Crippen LogP contribution in [-0.2, 0) is 9.73 Å². The number of rotatable bonds is 5. The molecule has 0 bridgehead atoms. The highest BCUT2D eigenvalue weighted by atomic mass is 32.2. The van der Waals surface area contributed by atoms with Crippen molar-refractivity contribution in [2.24, 2.45) is 0 Å². The van der Waals surface area contributed by atoms with Gasteiger partial charge in [-0.25, -0.2) is 27.1 Å². The van der Waals surface area contributed by atoms with Crippen LogP contribution in [0.5, 0.6) is 0 Å². The summed E-state index contributed by atoms with van der Waals surface area (Å²) in [7, 11) is -3.00. The van der Waals surface area contributed by atoms with Gasteiger partial charge < -0.3 is 10.2 Å². The van der Waals surface area contributed by atoms with Crippen LogP contribution in [0.4, 0.5) is 24.7 Å². The van der Waals surface area contributed by atoms with Crippen molar-refractivity contribution >= 4 is 27.1 Å².